The number of thioether (sulfide) groups is 1. The Morgan fingerprint density at radius 3 is 2.30 bits per heavy atom. The third-order valence-corrected chi connectivity index (χ3v) is 6.58. The Kier molecular flexibility index (Phi) is 7.81. The third kappa shape index (κ3) is 5.60. The summed E-state index contributed by atoms with van der Waals surface area (Å²) >= 11 is 1.15. The van der Waals surface area contributed by atoms with Crippen LogP contribution in [0.25, 0.3) is 22.4 Å². The highest BCUT2D eigenvalue weighted by atomic mass is 32.2. The number of benzene rings is 3. The summed E-state index contributed by atoms with van der Waals surface area (Å²) in [5.74, 6) is 0.849. The highest BCUT2D eigenvalue weighted by molar-refractivity contribution is 8.00. The van der Waals surface area contributed by atoms with Gasteiger partial charge in [0.15, 0.2) is 17.3 Å². The van der Waals surface area contributed by atoms with Crippen molar-refractivity contribution in [2.45, 2.75) is 5.03 Å². The van der Waals surface area contributed by atoms with E-state index in [9.17, 15) is 20.2 Å². The van der Waals surface area contributed by atoms with Gasteiger partial charge in [0.05, 0.1) is 36.2 Å². The van der Waals surface area contributed by atoms with E-state index in [1.807, 2.05) is 42.5 Å². The average molecular weight is 512 g/mol. The van der Waals surface area contributed by atoms with Crippen molar-refractivity contribution in [3.63, 3.8) is 0 Å². The summed E-state index contributed by atoms with van der Waals surface area (Å²) in [6.45, 7) is 0. The Morgan fingerprint density at radius 2 is 1.68 bits per heavy atom. The van der Waals surface area contributed by atoms with Crippen LogP contribution >= 0.6 is 11.8 Å². The Hall–Kier alpha value is -4.68. The molecule has 8 nitrogen and oxygen atoms in total. The molecular formula is C28H21N3O5S. The van der Waals surface area contributed by atoms with Crippen molar-refractivity contribution in [3.8, 4) is 40.0 Å². The molecule has 37 heavy (non-hydrogen) atoms. The minimum Gasteiger partial charge on any atom is -0.493 e. The molecule has 0 saturated heterocycles. The van der Waals surface area contributed by atoms with Gasteiger partial charge in [0.1, 0.15) is 11.1 Å². The number of rotatable bonds is 9. The highest BCUT2D eigenvalue weighted by Crippen LogP contribution is 2.38. The molecule has 0 saturated carbocycles. The zero-order chi connectivity index (χ0) is 26.4. The molecule has 0 N–H and O–H groups in total. The number of aromatic nitrogens is 1. The van der Waals surface area contributed by atoms with E-state index in [1.165, 1.54) is 24.3 Å². The van der Waals surface area contributed by atoms with Crippen LogP contribution < -0.4 is 9.47 Å². The predicted octanol–water partition coefficient (Wildman–Crippen LogP) is 6.19. The molecule has 0 radical (unpaired) electrons. The summed E-state index contributed by atoms with van der Waals surface area (Å²) in [5.41, 5.74) is 3.46. The number of pyridine rings is 1. The van der Waals surface area contributed by atoms with Gasteiger partial charge in [-0.05, 0) is 35.9 Å². The van der Waals surface area contributed by atoms with E-state index < -0.39 is 4.92 Å². The number of nitrogens with zero attached hydrogens (tertiary/aromatic N) is 3. The molecule has 4 aromatic rings. The van der Waals surface area contributed by atoms with E-state index in [4.69, 9.17) is 14.5 Å². The number of nitriles is 1. The maximum atomic E-state index is 12.8. The number of Topliss-reactive ketones (excluding diaryl/α,β-unsaturated/α-hetero) is 1. The molecular weight excluding hydrogens is 490 g/mol. The van der Waals surface area contributed by atoms with Gasteiger partial charge in [-0.1, -0.05) is 48.2 Å². The maximum absolute atomic E-state index is 12.8. The molecule has 1 aromatic heterocycles. The predicted molar refractivity (Wildman–Crippen MR) is 141 cm³/mol. The van der Waals surface area contributed by atoms with Gasteiger partial charge in [-0.2, -0.15) is 5.26 Å². The average Bonchev–Trinajstić information content (AvgIpc) is 2.95. The number of carbonyl (C=O) groups excluding carboxylic acids is 1. The molecule has 1 heterocycles. The van der Waals surface area contributed by atoms with Crippen LogP contribution in [-0.2, 0) is 0 Å². The van der Waals surface area contributed by atoms with Crippen LogP contribution in [0.1, 0.15) is 15.9 Å². The number of ketones is 1. The lowest BCUT2D eigenvalue weighted by Crippen LogP contribution is -2.04. The first-order valence-electron chi connectivity index (χ1n) is 11.1. The second-order valence-electron chi connectivity index (χ2n) is 7.80. The number of non-ortho nitro benzene ring substituents is 1. The fourth-order valence-electron chi connectivity index (χ4n) is 3.71. The minimum atomic E-state index is -0.517. The van der Waals surface area contributed by atoms with Gasteiger partial charge >= 0.3 is 0 Å². The molecule has 0 bridgehead atoms. The summed E-state index contributed by atoms with van der Waals surface area (Å²) in [7, 11) is 3.09. The normalized spacial score (nSPS) is 10.4. The Bertz CT molecular complexity index is 1500. The molecule has 0 spiro atoms. The summed E-state index contributed by atoms with van der Waals surface area (Å²) in [5, 5.41) is 21.4. The molecule has 0 atom stereocenters. The van der Waals surface area contributed by atoms with Crippen LogP contribution in [0.4, 0.5) is 5.69 Å². The third-order valence-electron chi connectivity index (χ3n) is 5.60. The molecule has 0 aliphatic heterocycles. The zero-order valence-electron chi connectivity index (χ0n) is 20.0. The van der Waals surface area contributed by atoms with Crippen LogP contribution in [0, 0.1) is 21.4 Å². The van der Waals surface area contributed by atoms with Crippen LogP contribution in [0.15, 0.2) is 83.9 Å². The summed E-state index contributed by atoms with van der Waals surface area (Å²) in [4.78, 5) is 27.9. The number of nitro groups is 1. The van der Waals surface area contributed by atoms with Gasteiger partial charge in [-0.15, -0.1) is 0 Å². The van der Waals surface area contributed by atoms with Crippen molar-refractivity contribution in [1.29, 1.82) is 5.26 Å². The molecule has 0 aliphatic carbocycles. The van der Waals surface area contributed by atoms with Gasteiger partial charge in [0, 0.05) is 28.8 Å². The van der Waals surface area contributed by atoms with Crippen molar-refractivity contribution < 1.29 is 19.2 Å². The molecule has 0 aliphatic rings. The number of hydrogen-bond acceptors (Lipinski definition) is 8. The molecule has 4 rings (SSSR count). The van der Waals surface area contributed by atoms with Crippen molar-refractivity contribution in [1.82, 2.24) is 4.98 Å². The summed E-state index contributed by atoms with van der Waals surface area (Å²) in [6.07, 6.45) is 0. The van der Waals surface area contributed by atoms with Crippen LogP contribution in [0.3, 0.4) is 0 Å². The van der Waals surface area contributed by atoms with Crippen molar-refractivity contribution in [2.24, 2.45) is 0 Å². The maximum Gasteiger partial charge on any atom is 0.269 e. The molecule has 0 amide bonds. The Morgan fingerprint density at radius 1 is 0.973 bits per heavy atom. The number of methoxy groups -OCH3 is 2. The van der Waals surface area contributed by atoms with E-state index >= 15 is 0 Å². The van der Waals surface area contributed by atoms with Crippen molar-refractivity contribution in [2.75, 3.05) is 20.0 Å². The lowest BCUT2D eigenvalue weighted by molar-refractivity contribution is -0.384. The molecule has 3 aromatic carbocycles. The zero-order valence-corrected chi connectivity index (χ0v) is 20.8. The van der Waals surface area contributed by atoms with Gasteiger partial charge < -0.3 is 9.47 Å². The standard InChI is InChI=1S/C28H21N3O5S/c1-35-26-13-10-20(14-27(26)36-2)22-15-24(18-6-4-3-5-7-18)30-28(23(22)16-29)37-17-25(32)19-8-11-21(12-9-19)31(33)34/h3-15H,17H2,1-2H3. The van der Waals surface area contributed by atoms with E-state index in [0.717, 1.165) is 22.9 Å². The lowest BCUT2D eigenvalue weighted by Gasteiger charge is -2.14. The topological polar surface area (TPSA) is 115 Å². The smallest absolute Gasteiger partial charge is 0.269 e. The number of nitro benzene ring substituents is 1. The largest absolute Gasteiger partial charge is 0.493 e. The number of ether oxygens (including phenoxy) is 2. The first-order chi connectivity index (χ1) is 17.9. The van der Waals surface area contributed by atoms with E-state index in [-0.39, 0.29) is 17.2 Å². The fraction of sp³-hybridized carbons (Fsp3) is 0.107. The summed E-state index contributed by atoms with van der Waals surface area (Å²) < 4.78 is 10.8. The fourth-order valence-corrected chi connectivity index (χ4v) is 4.61. The molecule has 0 fully saturated rings. The number of hydrogen-bond donors (Lipinski definition) is 0. The van der Waals surface area contributed by atoms with Crippen molar-refractivity contribution in [3.05, 3.63) is 100 Å². The van der Waals surface area contributed by atoms with Gasteiger partial charge in [-0.25, -0.2) is 4.98 Å². The summed E-state index contributed by atoms with van der Waals surface area (Å²) in [6, 6.07) is 24.5. The van der Waals surface area contributed by atoms with E-state index in [1.54, 1.807) is 26.4 Å². The van der Waals surface area contributed by atoms with Crippen LogP contribution in [-0.4, -0.2) is 35.7 Å². The Balaban J connectivity index is 1.75. The van der Waals surface area contributed by atoms with Crippen LogP contribution in [0.2, 0.25) is 0 Å². The van der Waals surface area contributed by atoms with Gasteiger partial charge in [0.2, 0.25) is 0 Å². The Labute approximate surface area is 217 Å². The van der Waals surface area contributed by atoms with Crippen molar-refractivity contribution >= 4 is 23.2 Å². The van der Waals surface area contributed by atoms with Crippen LogP contribution in [0.5, 0.6) is 11.5 Å². The van der Waals surface area contributed by atoms with Gasteiger partial charge in [0.25, 0.3) is 5.69 Å². The highest BCUT2D eigenvalue weighted by Gasteiger charge is 2.19. The molecule has 0 unspecified atom stereocenters. The SMILES string of the molecule is COc1ccc(-c2cc(-c3ccccc3)nc(SCC(=O)c3ccc([N+](=O)[O-])cc3)c2C#N)cc1OC. The monoisotopic (exact) mass is 511 g/mol. The number of carbonyl (C=O) groups is 1. The first kappa shape index (κ1) is 25.4. The van der Waals surface area contributed by atoms with E-state index in [2.05, 4.69) is 6.07 Å². The quantitative estimate of drug-likeness (QED) is 0.113. The first-order valence-corrected chi connectivity index (χ1v) is 12.1. The minimum absolute atomic E-state index is 0.00308. The van der Waals surface area contributed by atoms with E-state index in [0.29, 0.717) is 38.9 Å². The second kappa shape index (κ2) is 11.4. The molecule has 184 valence electrons. The molecule has 9 heteroatoms. The lowest BCUT2D eigenvalue weighted by atomic mass is 9.99. The van der Waals surface area contributed by atoms with Gasteiger partial charge in [-0.3, -0.25) is 14.9 Å². The second-order valence-corrected chi connectivity index (χ2v) is 8.76.